The molecule has 3 atom stereocenters. The van der Waals surface area contributed by atoms with Gasteiger partial charge in [0.2, 0.25) is 21.8 Å². The van der Waals surface area contributed by atoms with Gasteiger partial charge >= 0.3 is 6.09 Å². The average molecular weight is 661 g/mol. The number of halogens is 3. The Morgan fingerprint density at radius 3 is 2.29 bits per heavy atom. The van der Waals surface area contributed by atoms with E-state index in [1.165, 1.54) is 9.80 Å². The highest BCUT2D eigenvalue weighted by atomic mass is 35.5. The van der Waals surface area contributed by atoms with E-state index in [9.17, 15) is 31.6 Å². The van der Waals surface area contributed by atoms with E-state index in [2.05, 4.69) is 5.32 Å². The number of ether oxygens (including phenoxy) is 1. The lowest BCUT2D eigenvalue weighted by Gasteiger charge is -2.54. The first-order valence-corrected chi connectivity index (χ1v) is 16.0. The molecule has 0 aromatic heterocycles. The fourth-order valence-electron chi connectivity index (χ4n) is 5.50. The molecular formula is C31H31ClF2N4O6S. The molecule has 3 aromatic rings. The van der Waals surface area contributed by atoms with Crippen LogP contribution in [0.4, 0.5) is 13.6 Å². The summed E-state index contributed by atoms with van der Waals surface area (Å²) < 4.78 is 62.3. The first kappa shape index (κ1) is 32.3. The van der Waals surface area contributed by atoms with Gasteiger partial charge in [-0.15, -0.1) is 0 Å². The zero-order chi connectivity index (χ0) is 32.5. The van der Waals surface area contributed by atoms with E-state index >= 15 is 0 Å². The maximum absolute atomic E-state index is 14.2. The predicted octanol–water partition coefficient (Wildman–Crippen LogP) is 3.93. The molecule has 0 spiro atoms. The van der Waals surface area contributed by atoms with Crippen LogP contribution in [-0.2, 0) is 37.4 Å². The molecule has 0 aliphatic carbocycles. The summed E-state index contributed by atoms with van der Waals surface area (Å²) in [7, 11) is -4.60. The average Bonchev–Trinajstić information content (AvgIpc) is 3.01. The fourth-order valence-corrected chi connectivity index (χ4v) is 7.23. The Labute approximate surface area is 264 Å². The van der Waals surface area contributed by atoms with Gasteiger partial charge in [0.15, 0.2) is 11.6 Å². The number of piperazine rings is 1. The van der Waals surface area contributed by atoms with Gasteiger partial charge in [-0.05, 0) is 55.3 Å². The van der Waals surface area contributed by atoms with Gasteiger partial charge in [-0.3, -0.25) is 9.59 Å². The molecule has 1 N–H and O–H groups in total. The van der Waals surface area contributed by atoms with Crippen LogP contribution in [-0.4, -0.2) is 77.8 Å². The first-order valence-electron chi connectivity index (χ1n) is 14.2. The third kappa shape index (κ3) is 6.80. The van der Waals surface area contributed by atoms with Crippen molar-refractivity contribution in [1.29, 1.82) is 0 Å². The molecule has 14 heteroatoms. The molecule has 5 rings (SSSR count). The highest BCUT2D eigenvalue weighted by Gasteiger charge is 2.54. The summed E-state index contributed by atoms with van der Waals surface area (Å²) in [5, 5.41) is 2.92. The zero-order valence-electron chi connectivity index (χ0n) is 24.4. The van der Waals surface area contributed by atoms with Crippen LogP contribution < -0.4 is 5.32 Å². The highest BCUT2D eigenvalue weighted by Crippen LogP contribution is 2.33. The number of nitrogens with zero attached hydrogens (tertiary/aromatic N) is 3. The number of nitrogens with one attached hydrogen (secondary N) is 1. The standard InChI is InChI=1S/C31H31ClF2N4O6S/c1-19(2)36-17-28-37(45(42,43)23-12-13-24(33)25(34)15-23)16-26(35-31(41)44-18-21-6-4-3-5-7-21)29(39)38(28)27(30(36)40)14-20-8-10-22(32)11-9-20/h3-13,15,19,26-28H,14,16-18H2,1-2H3,(H,35,41). The topological polar surface area (TPSA) is 116 Å². The van der Waals surface area contributed by atoms with Gasteiger partial charge in [0.05, 0.1) is 11.4 Å². The molecule has 0 radical (unpaired) electrons. The van der Waals surface area contributed by atoms with Crippen molar-refractivity contribution < 1.29 is 36.3 Å². The number of carbonyl (C=O) groups excluding carboxylic acids is 3. The van der Waals surface area contributed by atoms with Crippen molar-refractivity contribution in [3.63, 3.8) is 0 Å². The smallest absolute Gasteiger partial charge is 0.408 e. The van der Waals surface area contributed by atoms with E-state index in [1.54, 1.807) is 68.4 Å². The van der Waals surface area contributed by atoms with E-state index in [1.807, 2.05) is 0 Å². The van der Waals surface area contributed by atoms with Gasteiger partial charge in [-0.25, -0.2) is 22.0 Å². The summed E-state index contributed by atoms with van der Waals surface area (Å²) in [5.74, 6) is -3.71. The van der Waals surface area contributed by atoms with E-state index in [4.69, 9.17) is 16.3 Å². The first-order chi connectivity index (χ1) is 21.4. The number of sulfonamides is 1. The molecule has 2 fully saturated rings. The minimum absolute atomic E-state index is 0.0195. The fraction of sp³-hybridized carbons (Fsp3) is 0.323. The third-order valence-corrected chi connectivity index (χ3v) is 9.91. The van der Waals surface area contributed by atoms with Crippen LogP contribution in [0, 0.1) is 11.6 Å². The van der Waals surface area contributed by atoms with E-state index in [0.717, 1.165) is 10.4 Å². The zero-order valence-corrected chi connectivity index (χ0v) is 26.0. The lowest BCUT2D eigenvalue weighted by molar-refractivity contribution is -0.168. The van der Waals surface area contributed by atoms with Gasteiger partial charge in [-0.2, -0.15) is 4.31 Å². The number of benzene rings is 3. The van der Waals surface area contributed by atoms with Gasteiger partial charge < -0.3 is 19.9 Å². The molecule has 2 saturated heterocycles. The molecule has 3 amide bonds. The minimum atomic E-state index is -4.60. The Morgan fingerprint density at radius 2 is 1.64 bits per heavy atom. The molecule has 0 bridgehead atoms. The molecule has 10 nitrogen and oxygen atoms in total. The largest absolute Gasteiger partial charge is 0.445 e. The summed E-state index contributed by atoms with van der Waals surface area (Å²) in [4.78, 5) is 42.9. The number of hydrogen-bond acceptors (Lipinski definition) is 6. The number of hydrogen-bond donors (Lipinski definition) is 1. The van der Waals surface area contributed by atoms with Gasteiger partial charge in [-0.1, -0.05) is 54.1 Å². The number of carbonyl (C=O) groups is 3. The molecule has 3 unspecified atom stereocenters. The quantitative estimate of drug-likeness (QED) is 0.392. The van der Waals surface area contributed by atoms with Crippen molar-refractivity contribution >= 4 is 39.5 Å². The van der Waals surface area contributed by atoms with Crippen molar-refractivity contribution in [1.82, 2.24) is 19.4 Å². The molecular weight excluding hydrogens is 630 g/mol. The van der Waals surface area contributed by atoms with Crippen molar-refractivity contribution in [2.24, 2.45) is 0 Å². The Kier molecular flexibility index (Phi) is 9.42. The van der Waals surface area contributed by atoms with Crippen molar-refractivity contribution in [3.8, 4) is 0 Å². The Bertz CT molecular complexity index is 1690. The van der Waals surface area contributed by atoms with Crippen LogP contribution in [0.3, 0.4) is 0 Å². The van der Waals surface area contributed by atoms with Crippen LogP contribution in [0.2, 0.25) is 5.02 Å². The van der Waals surface area contributed by atoms with E-state index in [-0.39, 0.29) is 25.6 Å². The van der Waals surface area contributed by atoms with Crippen LogP contribution in [0.25, 0.3) is 0 Å². The maximum Gasteiger partial charge on any atom is 0.408 e. The van der Waals surface area contributed by atoms with Gasteiger partial charge in [0, 0.05) is 24.0 Å². The van der Waals surface area contributed by atoms with Crippen LogP contribution in [0.1, 0.15) is 25.0 Å². The van der Waals surface area contributed by atoms with Gasteiger partial charge in [0.25, 0.3) is 0 Å². The number of alkyl carbamates (subject to hydrolysis) is 1. The number of fused-ring (bicyclic) bond motifs is 1. The molecule has 0 saturated carbocycles. The Morgan fingerprint density at radius 1 is 0.956 bits per heavy atom. The Balaban J connectivity index is 1.53. The third-order valence-electron chi connectivity index (χ3n) is 7.80. The van der Waals surface area contributed by atoms with Crippen LogP contribution in [0.5, 0.6) is 0 Å². The van der Waals surface area contributed by atoms with E-state index < -0.39 is 69.3 Å². The lowest BCUT2D eigenvalue weighted by Crippen LogP contribution is -2.76. The van der Waals surface area contributed by atoms with Crippen molar-refractivity contribution in [2.45, 2.75) is 56.1 Å². The second kappa shape index (κ2) is 13.1. The van der Waals surface area contributed by atoms with Crippen LogP contribution in [0.15, 0.2) is 77.7 Å². The SMILES string of the molecule is CC(C)N1CC2N(C(=O)C(NC(=O)OCc3ccccc3)CN2S(=O)(=O)c2ccc(F)c(F)c2)C(Cc2ccc(Cl)cc2)C1=O. The number of amides is 3. The molecule has 2 aliphatic rings. The summed E-state index contributed by atoms with van der Waals surface area (Å²) in [6.45, 7) is 2.68. The minimum Gasteiger partial charge on any atom is -0.445 e. The normalized spacial score (nSPS) is 20.7. The highest BCUT2D eigenvalue weighted by molar-refractivity contribution is 7.89. The molecule has 2 heterocycles. The molecule has 2 aliphatic heterocycles. The van der Waals surface area contributed by atoms with Gasteiger partial charge in [0.1, 0.15) is 24.9 Å². The second-order valence-electron chi connectivity index (χ2n) is 11.1. The van der Waals surface area contributed by atoms with Crippen LogP contribution >= 0.6 is 11.6 Å². The lowest BCUT2D eigenvalue weighted by atomic mass is 9.96. The maximum atomic E-state index is 14.2. The number of rotatable bonds is 8. The summed E-state index contributed by atoms with van der Waals surface area (Å²) in [6.07, 6.45) is -2.18. The van der Waals surface area contributed by atoms with Crippen molar-refractivity contribution in [2.75, 3.05) is 13.1 Å². The van der Waals surface area contributed by atoms with E-state index in [0.29, 0.717) is 28.3 Å². The Hall–Kier alpha value is -4.07. The summed E-state index contributed by atoms with van der Waals surface area (Å²) in [6, 6.07) is 14.6. The molecule has 45 heavy (non-hydrogen) atoms. The predicted molar refractivity (Wildman–Crippen MR) is 160 cm³/mol. The monoisotopic (exact) mass is 660 g/mol. The molecule has 238 valence electrons. The molecule has 3 aromatic carbocycles. The summed E-state index contributed by atoms with van der Waals surface area (Å²) >= 11 is 6.05. The summed E-state index contributed by atoms with van der Waals surface area (Å²) in [5.41, 5.74) is 1.34. The van der Waals surface area contributed by atoms with Crippen molar-refractivity contribution in [3.05, 3.63) is 101 Å². The second-order valence-corrected chi connectivity index (χ2v) is 13.4.